The van der Waals surface area contributed by atoms with Crippen LogP contribution in [0.5, 0.6) is 0 Å². The number of aryl methyl sites for hydroxylation is 1. The van der Waals surface area contributed by atoms with Crippen molar-refractivity contribution in [2.45, 2.75) is 48.1 Å². The molecule has 0 aromatic heterocycles. The Bertz CT molecular complexity index is 3310. The Morgan fingerprint density at radius 1 is 0.559 bits per heavy atom. The molecule has 0 atom stereocenters. The quantitative estimate of drug-likeness (QED) is 0.0402. The van der Waals surface area contributed by atoms with Gasteiger partial charge in [0.2, 0.25) is 0 Å². The molecule has 0 N–H and O–H groups in total. The van der Waals surface area contributed by atoms with Crippen molar-refractivity contribution in [3.05, 3.63) is 218 Å². The molecule has 0 spiro atoms. The maximum absolute atomic E-state index is 15.4. The molecule has 1 aliphatic rings. The fourth-order valence-electron chi connectivity index (χ4n) is 8.28. The van der Waals surface area contributed by atoms with E-state index < -0.39 is 83.5 Å². The average Bonchev–Trinajstić information content (AvgIpc) is 3.87. The van der Waals surface area contributed by atoms with Crippen molar-refractivity contribution in [3.8, 4) is 11.1 Å². The first kappa shape index (κ1) is 51.6. The summed E-state index contributed by atoms with van der Waals surface area (Å²) >= 11 is 0. The molecule has 9 rings (SSSR count). The Morgan fingerprint density at radius 2 is 1.06 bits per heavy atom. The monoisotopic (exact) mass is 1020 g/mol. The molecular weight excluding hydrogens is 981 g/mol. The van der Waals surface area contributed by atoms with Crippen LogP contribution in [0.3, 0.4) is 0 Å². The van der Waals surface area contributed by atoms with Gasteiger partial charge in [0.25, 0.3) is 0 Å². The maximum Gasteiger partial charge on any atom is 2.00 e. The van der Waals surface area contributed by atoms with Crippen molar-refractivity contribution < 1.29 is 70.1 Å². The van der Waals surface area contributed by atoms with E-state index in [0.29, 0.717) is 0 Å². The maximum atomic E-state index is 15.4. The van der Waals surface area contributed by atoms with Crippen molar-refractivity contribution >= 4 is 63.7 Å². The molecule has 0 saturated carbocycles. The van der Waals surface area contributed by atoms with Gasteiger partial charge < -0.3 is 0 Å². The number of benzene rings is 7. The zero-order valence-electron chi connectivity index (χ0n) is 37.8. The first-order valence-electron chi connectivity index (χ1n) is 21.0. The predicted octanol–water partition coefficient (Wildman–Crippen LogP) is 15.2. The molecule has 13 heteroatoms. The number of hydrogen-bond acceptors (Lipinski definition) is 0. The predicted molar refractivity (Wildman–Crippen MR) is 254 cm³/mol. The number of hydrogen-bond donors (Lipinski definition) is 0. The Hall–Kier alpha value is -5.78. The standard InChI is InChI=1S/C33H16BF10Si.C14H11.C8H13.Zr/c1-13-19(22-26(37)30(41)33(44)31(42)27(22)38)20-16-11-7-6-10-15(16)17(21-24(35)28(39)32(43)29(40)25(21)36)12-18(20)23(13)34-45(2)14-8-4-3-5-9-14;1-10-8-12-7-6-11-4-2-3-5-13(11)14(12)9-10;1-5-7(3)8(4)6-2;/h3-12H,1-2H3;2-9H,1H3;5H,1-4H3;/q;2*-1;+2. The molecule has 68 heavy (non-hydrogen) atoms. The van der Waals surface area contributed by atoms with E-state index in [-0.39, 0.29) is 64.7 Å². The Kier molecular flexibility index (Phi) is 16.1. The molecule has 0 nitrogen and oxygen atoms in total. The summed E-state index contributed by atoms with van der Waals surface area (Å²) in [6, 6.07) is 33.0. The van der Waals surface area contributed by atoms with Crippen LogP contribution in [-0.4, -0.2) is 20.6 Å². The van der Waals surface area contributed by atoms with Gasteiger partial charge in [-0.2, -0.15) is 12.1 Å². The van der Waals surface area contributed by atoms with E-state index in [9.17, 15) is 26.3 Å². The third-order valence-corrected chi connectivity index (χ3v) is 14.0. The van der Waals surface area contributed by atoms with Crippen LogP contribution >= 0.6 is 0 Å². The van der Waals surface area contributed by atoms with Gasteiger partial charge in [0.15, 0.2) is 0 Å². The summed E-state index contributed by atoms with van der Waals surface area (Å²) in [4.78, 5) is 0. The third kappa shape index (κ3) is 9.49. The molecule has 0 aliphatic heterocycles. The van der Waals surface area contributed by atoms with Crippen LogP contribution in [0.4, 0.5) is 43.9 Å². The van der Waals surface area contributed by atoms with Crippen LogP contribution in [0.15, 0.2) is 132 Å². The summed E-state index contributed by atoms with van der Waals surface area (Å²) in [5, 5.41) is 6.19. The molecule has 341 valence electrons. The summed E-state index contributed by atoms with van der Waals surface area (Å²) in [7, 11) is -1.65. The summed E-state index contributed by atoms with van der Waals surface area (Å²) < 4.78 is 147. The number of allylic oxidation sites excluding steroid dienone is 5. The summed E-state index contributed by atoms with van der Waals surface area (Å²) in [6.07, 6.45) is 5.15. The normalized spacial score (nSPS) is 13.1. The minimum atomic E-state index is -2.35. The summed E-state index contributed by atoms with van der Waals surface area (Å²) in [5.41, 5.74) is 0.970. The minimum Gasteiger partial charge on any atom is -0.275 e. The Morgan fingerprint density at radius 3 is 1.60 bits per heavy atom. The van der Waals surface area contributed by atoms with Gasteiger partial charge in [0.05, 0.1) is 0 Å². The van der Waals surface area contributed by atoms with Gasteiger partial charge in [-0.3, -0.25) is 6.08 Å². The van der Waals surface area contributed by atoms with E-state index in [1.807, 2.05) is 32.5 Å². The summed E-state index contributed by atoms with van der Waals surface area (Å²) in [5.74, 6) is -21.8. The van der Waals surface area contributed by atoms with Crippen molar-refractivity contribution in [2.75, 3.05) is 0 Å². The van der Waals surface area contributed by atoms with Gasteiger partial charge in [-0.1, -0.05) is 56.5 Å². The zero-order chi connectivity index (χ0) is 48.6. The molecule has 0 fully saturated rings. The van der Waals surface area contributed by atoms with E-state index in [0.717, 1.165) is 11.3 Å². The Labute approximate surface area is 409 Å². The van der Waals surface area contributed by atoms with Gasteiger partial charge in [0, 0.05) is 0 Å². The van der Waals surface area contributed by atoms with Crippen LogP contribution in [-0.2, 0) is 26.2 Å². The van der Waals surface area contributed by atoms with E-state index in [1.165, 1.54) is 69.4 Å². The van der Waals surface area contributed by atoms with Crippen molar-refractivity contribution in [1.29, 1.82) is 0 Å². The fourth-order valence-corrected chi connectivity index (χ4v) is 9.97. The van der Waals surface area contributed by atoms with Crippen LogP contribution in [0, 0.1) is 71.2 Å². The second-order valence-electron chi connectivity index (χ2n) is 16.1. The van der Waals surface area contributed by atoms with Crippen molar-refractivity contribution in [1.82, 2.24) is 0 Å². The largest absolute Gasteiger partial charge is 2.00 e. The van der Waals surface area contributed by atoms with Crippen LogP contribution < -0.4 is 5.19 Å². The molecule has 0 saturated heterocycles. The second-order valence-corrected chi connectivity index (χ2v) is 18.3. The number of fused-ring (bicyclic) bond motifs is 6. The minimum absolute atomic E-state index is 0. The van der Waals surface area contributed by atoms with Crippen LogP contribution in [0.2, 0.25) is 6.55 Å². The molecule has 0 bridgehead atoms. The summed E-state index contributed by atoms with van der Waals surface area (Å²) in [6.45, 7) is 15.3. The molecule has 0 unspecified atom stereocenters. The van der Waals surface area contributed by atoms with Crippen LogP contribution in [0.1, 0.15) is 56.9 Å². The molecule has 0 amide bonds. The molecule has 1 aliphatic carbocycles. The van der Waals surface area contributed by atoms with Crippen molar-refractivity contribution in [3.63, 3.8) is 0 Å². The molecule has 8 aromatic carbocycles. The molecule has 0 heterocycles. The SMILES string of the molecule is CC1=C(c2c(F)c(F)c(F)c(F)c2F)c2c(cc(-c3c(F)c(F)c(F)c(F)c3F)c3ccccc23)C1=B[Si](C)c1ccccc1.C[C-]=C(C)C(C)=CC.Cc1cc2c(ccc3ccccc32)[cH-]1.[Zr+2]. The smallest absolute Gasteiger partial charge is 0.275 e. The third-order valence-electron chi connectivity index (χ3n) is 12.1. The molecule has 8 aromatic rings. The molecular formula is C55H40BF10SiZr. The average molecular weight is 1020 g/mol. The first-order chi connectivity index (χ1) is 31.9. The van der Waals surface area contributed by atoms with Gasteiger partial charge in [0.1, 0.15) is 0 Å². The zero-order valence-corrected chi connectivity index (χ0v) is 41.3. The van der Waals surface area contributed by atoms with Crippen molar-refractivity contribution in [2.24, 2.45) is 0 Å². The molecule has 1 radical (unpaired) electrons. The first-order valence-corrected chi connectivity index (χ1v) is 23.1. The van der Waals surface area contributed by atoms with Gasteiger partial charge in [-0.05, 0) is 5.39 Å². The number of rotatable bonds is 5. The van der Waals surface area contributed by atoms with Gasteiger partial charge in [-0.15, -0.1) is 42.3 Å². The van der Waals surface area contributed by atoms with E-state index in [2.05, 4.69) is 81.5 Å². The topological polar surface area (TPSA) is 0 Å². The van der Waals surface area contributed by atoms with E-state index in [1.54, 1.807) is 24.7 Å². The van der Waals surface area contributed by atoms with Gasteiger partial charge in [-0.25, -0.2) is 11.1 Å². The van der Waals surface area contributed by atoms with Crippen LogP contribution in [0.25, 0.3) is 49.0 Å². The number of halogens is 10. The van der Waals surface area contributed by atoms with E-state index >= 15 is 17.6 Å². The second kappa shape index (κ2) is 21.3. The fraction of sp³-hybridized carbons (Fsp3) is 0.127. The van der Waals surface area contributed by atoms with Gasteiger partial charge >= 0.3 is 278 Å². The van der Waals surface area contributed by atoms with E-state index in [4.69, 9.17) is 0 Å². The Balaban J connectivity index is 0.000000270.